The second-order valence-corrected chi connectivity index (χ2v) is 8.74. The van der Waals surface area contributed by atoms with Crippen LogP contribution in [0.4, 0.5) is 10.2 Å². The molecule has 0 bridgehead atoms. The molecule has 0 amide bonds. The molecule has 1 saturated heterocycles. The monoisotopic (exact) mass is 493 g/mol. The predicted molar refractivity (Wildman–Crippen MR) is 117 cm³/mol. The second-order valence-electron chi connectivity index (χ2n) is 8.74. The SMILES string of the molecule is CC(=O)OC[C@@H]1OC(n2c(C3CCCCC3)nc3c(N)nc(F)nc32)[C@@H](OC(C)=O)[C@@H]1OC(C)=O. The molecule has 4 atom stereocenters. The zero-order chi connectivity index (χ0) is 25.3. The van der Waals surface area contributed by atoms with Gasteiger partial charge in [-0.05, 0) is 12.8 Å². The number of halogens is 1. The van der Waals surface area contributed by atoms with Crippen LogP contribution in [0, 0.1) is 6.08 Å². The van der Waals surface area contributed by atoms with Crippen LogP contribution in [0.5, 0.6) is 0 Å². The van der Waals surface area contributed by atoms with E-state index in [4.69, 9.17) is 24.7 Å². The van der Waals surface area contributed by atoms with Crippen molar-refractivity contribution in [3.05, 3.63) is 11.9 Å². The molecule has 0 spiro atoms. The number of ether oxygens (including phenoxy) is 4. The molecule has 1 unspecified atom stereocenters. The van der Waals surface area contributed by atoms with Crippen LogP contribution in [-0.4, -0.2) is 62.3 Å². The molecule has 4 rings (SSSR count). The first-order chi connectivity index (χ1) is 16.7. The van der Waals surface area contributed by atoms with E-state index < -0.39 is 48.5 Å². The average molecular weight is 493 g/mol. The molecule has 0 radical (unpaired) electrons. The predicted octanol–water partition coefficient (Wildman–Crippen LogP) is 1.92. The summed E-state index contributed by atoms with van der Waals surface area (Å²) in [5.41, 5.74) is 6.21. The van der Waals surface area contributed by atoms with Crippen LogP contribution in [0.1, 0.15) is 70.8 Å². The lowest BCUT2D eigenvalue weighted by molar-refractivity contribution is -0.166. The fraction of sp³-hybridized carbons (Fsp3) is 0.636. The minimum atomic E-state index is -1.16. The molecule has 2 aromatic heterocycles. The number of hydrogen-bond donors (Lipinski definition) is 1. The minimum Gasteiger partial charge on any atom is -0.463 e. The number of carbonyl (C=O) groups is 3. The van der Waals surface area contributed by atoms with E-state index in [1.165, 1.54) is 20.8 Å². The van der Waals surface area contributed by atoms with Crippen molar-refractivity contribution in [3.63, 3.8) is 0 Å². The number of imidazole rings is 1. The third-order valence-corrected chi connectivity index (χ3v) is 6.13. The molecule has 1 aliphatic heterocycles. The Morgan fingerprint density at radius 1 is 1.00 bits per heavy atom. The van der Waals surface area contributed by atoms with E-state index in [-0.39, 0.29) is 29.5 Å². The fourth-order valence-electron chi connectivity index (χ4n) is 4.78. The lowest BCUT2D eigenvalue weighted by atomic mass is 9.88. The van der Waals surface area contributed by atoms with Gasteiger partial charge in [0.15, 0.2) is 35.4 Å². The number of nitrogen functional groups attached to an aromatic ring is 1. The van der Waals surface area contributed by atoms with Gasteiger partial charge in [0.2, 0.25) is 0 Å². The highest BCUT2D eigenvalue weighted by Crippen LogP contribution is 2.41. The summed E-state index contributed by atoms with van der Waals surface area (Å²) in [5, 5.41) is 0. The van der Waals surface area contributed by atoms with Crippen molar-refractivity contribution < 1.29 is 37.7 Å². The maximum atomic E-state index is 14.3. The van der Waals surface area contributed by atoms with E-state index in [1.807, 2.05) is 0 Å². The first kappa shape index (κ1) is 24.8. The van der Waals surface area contributed by atoms with Gasteiger partial charge in [-0.3, -0.25) is 19.0 Å². The van der Waals surface area contributed by atoms with Gasteiger partial charge in [-0.2, -0.15) is 14.4 Å². The van der Waals surface area contributed by atoms with E-state index in [0.29, 0.717) is 5.82 Å². The van der Waals surface area contributed by atoms with Gasteiger partial charge in [0.25, 0.3) is 0 Å². The van der Waals surface area contributed by atoms with Crippen molar-refractivity contribution >= 4 is 34.9 Å². The lowest BCUT2D eigenvalue weighted by Crippen LogP contribution is -2.40. The number of aromatic nitrogens is 4. The maximum absolute atomic E-state index is 14.3. The number of anilines is 1. The fourth-order valence-corrected chi connectivity index (χ4v) is 4.78. The van der Waals surface area contributed by atoms with E-state index in [9.17, 15) is 18.8 Å². The van der Waals surface area contributed by atoms with Gasteiger partial charge in [0.1, 0.15) is 18.5 Å². The summed E-state index contributed by atoms with van der Waals surface area (Å²) in [6.45, 7) is 3.36. The van der Waals surface area contributed by atoms with Gasteiger partial charge in [-0.15, -0.1) is 0 Å². The molecule has 2 fully saturated rings. The van der Waals surface area contributed by atoms with Crippen molar-refractivity contribution in [2.75, 3.05) is 12.3 Å². The lowest BCUT2D eigenvalue weighted by Gasteiger charge is -2.27. The quantitative estimate of drug-likeness (QED) is 0.356. The molecule has 2 aliphatic rings. The number of esters is 3. The van der Waals surface area contributed by atoms with E-state index in [2.05, 4.69) is 15.0 Å². The Bertz CT molecular complexity index is 1130. The maximum Gasteiger partial charge on any atom is 0.312 e. The Morgan fingerprint density at radius 2 is 1.66 bits per heavy atom. The van der Waals surface area contributed by atoms with Crippen molar-refractivity contribution in [2.24, 2.45) is 0 Å². The highest BCUT2D eigenvalue weighted by atomic mass is 19.1. The first-order valence-electron chi connectivity index (χ1n) is 11.5. The Hall–Kier alpha value is -3.35. The minimum absolute atomic E-state index is 0.0123. The Kier molecular flexibility index (Phi) is 7.15. The molecular weight excluding hydrogens is 465 g/mol. The smallest absolute Gasteiger partial charge is 0.312 e. The highest BCUT2D eigenvalue weighted by Gasteiger charge is 2.52. The average Bonchev–Trinajstić information content (AvgIpc) is 3.31. The van der Waals surface area contributed by atoms with Gasteiger partial charge in [-0.1, -0.05) is 19.3 Å². The summed E-state index contributed by atoms with van der Waals surface area (Å²) >= 11 is 0. The van der Waals surface area contributed by atoms with Crippen molar-refractivity contribution in [1.29, 1.82) is 0 Å². The van der Waals surface area contributed by atoms with Gasteiger partial charge in [0.05, 0.1) is 0 Å². The van der Waals surface area contributed by atoms with Crippen LogP contribution in [0.3, 0.4) is 0 Å². The van der Waals surface area contributed by atoms with Crippen molar-refractivity contribution in [1.82, 2.24) is 19.5 Å². The first-order valence-corrected chi connectivity index (χ1v) is 11.5. The Labute approximate surface area is 200 Å². The molecule has 13 heteroatoms. The normalized spacial score (nSPS) is 24.9. The summed E-state index contributed by atoms with van der Waals surface area (Å²) in [6.07, 6.45) is -0.706. The number of hydrogen-bond acceptors (Lipinski definition) is 11. The summed E-state index contributed by atoms with van der Waals surface area (Å²) in [4.78, 5) is 47.5. The molecule has 190 valence electrons. The van der Waals surface area contributed by atoms with E-state index in [1.54, 1.807) is 4.57 Å². The van der Waals surface area contributed by atoms with Crippen LogP contribution < -0.4 is 5.73 Å². The van der Waals surface area contributed by atoms with Crippen LogP contribution in [0.2, 0.25) is 0 Å². The molecule has 12 nitrogen and oxygen atoms in total. The number of rotatable bonds is 6. The zero-order valence-electron chi connectivity index (χ0n) is 19.7. The number of nitrogens with zero attached hydrogens (tertiary/aromatic N) is 4. The van der Waals surface area contributed by atoms with Gasteiger partial charge in [0, 0.05) is 26.7 Å². The summed E-state index contributed by atoms with van der Waals surface area (Å²) in [5.74, 6) is -1.49. The third kappa shape index (κ3) is 5.19. The van der Waals surface area contributed by atoms with Crippen LogP contribution >= 0.6 is 0 Å². The topological polar surface area (TPSA) is 158 Å². The molecule has 35 heavy (non-hydrogen) atoms. The van der Waals surface area contributed by atoms with Crippen LogP contribution in [0.15, 0.2) is 0 Å². The van der Waals surface area contributed by atoms with E-state index >= 15 is 0 Å². The van der Waals surface area contributed by atoms with Gasteiger partial charge in [-0.25, -0.2) is 4.98 Å². The largest absolute Gasteiger partial charge is 0.463 e. The highest BCUT2D eigenvalue weighted by molar-refractivity contribution is 5.82. The Morgan fingerprint density at radius 3 is 2.29 bits per heavy atom. The standard InChI is InChI=1S/C22H28FN5O7/c1-10(29)32-9-14-16(33-11(2)30)17(34-12(3)31)21(35-14)28-19(13-7-5-4-6-8-13)25-15-18(24)26-22(23)27-20(15)28/h13-14,16-17,21H,4-9H2,1-3H3,(H2,24,26,27)/t14-,16+,17-,21?/m0/s1. The Balaban J connectivity index is 1.86. The molecule has 2 N–H and O–H groups in total. The summed E-state index contributed by atoms with van der Waals surface area (Å²) in [6, 6.07) is 0. The molecular formula is C22H28FN5O7. The van der Waals surface area contributed by atoms with Crippen molar-refractivity contribution in [2.45, 2.75) is 83.3 Å². The molecule has 0 aromatic carbocycles. The van der Waals surface area contributed by atoms with Gasteiger partial charge < -0.3 is 24.7 Å². The number of fused-ring (bicyclic) bond motifs is 1. The van der Waals surface area contributed by atoms with Crippen LogP contribution in [-0.2, 0) is 33.3 Å². The van der Waals surface area contributed by atoms with Gasteiger partial charge >= 0.3 is 24.0 Å². The molecule has 2 aromatic rings. The molecule has 1 saturated carbocycles. The van der Waals surface area contributed by atoms with E-state index in [0.717, 1.165) is 32.1 Å². The third-order valence-electron chi connectivity index (χ3n) is 6.13. The summed E-state index contributed by atoms with van der Waals surface area (Å²) < 4.78 is 38.1. The number of nitrogens with two attached hydrogens (primary N) is 1. The molecule has 3 heterocycles. The second kappa shape index (κ2) is 10.1. The zero-order valence-corrected chi connectivity index (χ0v) is 19.7. The molecule has 1 aliphatic carbocycles. The number of carbonyl (C=O) groups excluding carboxylic acids is 3. The van der Waals surface area contributed by atoms with Crippen molar-refractivity contribution in [3.8, 4) is 0 Å². The van der Waals surface area contributed by atoms with Crippen LogP contribution in [0.25, 0.3) is 11.2 Å². The summed E-state index contributed by atoms with van der Waals surface area (Å²) in [7, 11) is 0.